The van der Waals surface area contributed by atoms with E-state index in [9.17, 15) is 5.11 Å². The topological polar surface area (TPSA) is 55.5 Å². The molecule has 1 aliphatic carbocycles. The number of aliphatic hydroxyl groups is 1. The average Bonchev–Trinajstić information content (AvgIpc) is 2.35. The van der Waals surface area contributed by atoms with Gasteiger partial charge in [-0.3, -0.25) is 0 Å². The van der Waals surface area contributed by atoms with Crippen molar-refractivity contribution in [1.29, 1.82) is 0 Å². The monoisotopic (exact) mass is 235 g/mol. The van der Waals surface area contributed by atoms with E-state index in [0.29, 0.717) is 6.61 Å². The van der Waals surface area contributed by atoms with Crippen molar-refractivity contribution in [3.8, 4) is 5.75 Å². The van der Waals surface area contributed by atoms with E-state index >= 15 is 0 Å². The van der Waals surface area contributed by atoms with E-state index in [1.165, 1.54) is 0 Å². The number of ether oxygens (including phenoxy) is 1. The highest BCUT2D eigenvalue weighted by molar-refractivity contribution is 5.31. The lowest BCUT2D eigenvalue weighted by Gasteiger charge is -2.35. The van der Waals surface area contributed by atoms with Gasteiger partial charge in [0.25, 0.3) is 0 Å². The van der Waals surface area contributed by atoms with Gasteiger partial charge in [0, 0.05) is 6.04 Å². The van der Waals surface area contributed by atoms with Crippen LogP contribution < -0.4 is 10.5 Å². The summed E-state index contributed by atoms with van der Waals surface area (Å²) in [5.74, 6) is 0.854. The fraction of sp³-hybridized carbons (Fsp3) is 0.571. The maximum atomic E-state index is 10.6. The second-order valence-corrected chi connectivity index (χ2v) is 4.83. The number of rotatable bonds is 3. The van der Waals surface area contributed by atoms with Crippen LogP contribution in [0.3, 0.4) is 0 Å². The summed E-state index contributed by atoms with van der Waals surface area (Å²) >= 11 is 0. The highest BCUT2D eigenvalue weighted by Gasteiger charge is 2.33. The molecule has 1 saturated carbocycles. The van der Waals surface area contributed by atoms with Crippen LogP contribution in [0.4, 0.5) is 0 Å². The molecule has 1 aliphatic rings. The summed E-state index contributed by atoms with van der Waals surface area (Å²) in [4.78, 5) is 0. The zero-order valence-electron chi connectivity index (χ0n) is 10.4. The Morgan fingerprint density at radius 2 is 1.88 bits per heavy atom. The largest absolute Gasteiger partial charge is 0.494 e. The second-order valence-electron chi connectivity index (χ2n) is 4.83. The van der Waals surface area contributed by atoms with E-state index in [1.54, 1.807) is 0 Å². The third-order valence-electron chi connectivity index (χ3n) is 3.56. The zero-order chi connectivity index (χ0) is 12.3. The first-order valence-electron chi connectivity index (χ1n) is 6.35. The van der Waals surface area contributed by atoms with Crippen LogP contribution in [0.25, 0.3) is 0 Å². The van der Waals surface area contributed by atoms with Crippen LogP contribution in [0, 0.1) is 0 Å². The van der Waals surface area contributed by atoms with Gasteiger partial charge in [-0.1, -0.05) is 12.1 Å². The van der Waals surface area contributed by atoms with Crippen molar-refractivity contribution in [2.45, 2.75) is 44.2 Å². The molecule has 0 spiro atoms. The summed E-state index contributed by atoms with van der Waals surface area (Å²) in [6, 6.07) is 8.01. The second kappa shape index (κ2) is 5.07. The maximum Gasteiger partial charge on any atom is 0.119 e. The summed E-state index contributed by atoms with van der Waals surface area (Å²) < 4.78 is 5.40. The Kier molecular flexibility index (Phi) is 3.69. The molecule has 3 N–H and O–H groups in total. The standard InChI is InChI=1S/C14H21NO2/c1-2-17-13-5-3-11(4-6-13)14(16)9-7-12(15)8-10-14/h3-6,12,16H,2,7-10,15H2,1H3. The SMILES string of the molecule is CCOc1ccc(C2(O)CCC(N)CC2)cc1. The first kappa shape index (κ1) is 12.4. The highest BCUT2D eigenvalue weighted by Crippen LogP contribution is 2.37. The smallest absolute Gasteiger partial charge is 0.119 e. The quantitative estimate of drug-likeness (QED) is 0.844. The van der Waals surface area contributed by atoms with Crippen molar-refractivity contribution in [2.75, 3.05) is 6.61 Å². The predicted molar refractivity (Wildman–Crippen MR) is 68.0 cm³/mol. The van der Waals surface area contributed by atoms with Crippen molar-refractivity contribution >= 4 is 0 Å². The molecular formula is C14H21NO2. The molecule has 1 aromatic rings. The molecule has 0 amide bonds. The first-order chi connectivity index (χ1) is 8.14. The Hall–Kier alpha value is -1.06. The summed E-state index contributed by atoms with van der Waals surface area (Å²) in [6.07, 6.45) is 3.29. The molecular weight excluding hydrogens is 214 g/mol. The fourth-order valence-electron chi connectivity index (χ4n) is 2.43. The Morgan fingerprint density at radius 3 is 2.41 bits per heavy atom. The van der Waals surface area contributed by atoms with Gasteiger partial charge >= 0.3 is 0 Å². The minimum Gasteiger partial charge on any atom is -0.494 e. The molecule has 0 atom stereocenters. The van der Waals surface area contributed by atoms with Crippen LogP contribution in [0.1, 0.15) is 38.2 Å². The normalized spacial score (nSPS) is 29.0. The fourth-order valence-corrected chi connectivity index (χ4v) is 2.43. The molecule has 0 saturated heterocycles. The van der Waals surface area contributed by atoms with Gasteiger partial charge in [0.1, 0.15) is 5.75 Å². The van der Waals surface area contributed by atoms with Gasteiger partial charge in [-0.15, -0.1) is 0 Å². The third-order valence-corrected chi connectivity index (χ3v) is 3.56. The molecule has 0 unspecified atom stereocenters. The van der Waals surface area contributed by atoms with Crippen LogP contribution >= 0.6 is 0 Å². The Balaban J connectivity index is 2.10. The van der Waals surface area contributed by atoms with Crippen molar-refractivity contribution in [1.82, 2.24) is 0 Å². The summed E-state index contributed by atoms with van der Waals surface area (Å²) in [7, 11) is 0. The maximum absolute atomic E-state index is 10.6. The number of benzene rings is 1. The highest BCUT2D eigenvalue weighted by atomic mass is 16.5. The van der Waals surface area contributed by atoms with E-state index in [4.69, 9.17) is 10.5 Å². The molecule has 2 rings (SSSR count). The first-order valence-corrected chi connectivity index (χ1v) is 6.35. The summed E-state index contributed by atoms with van der Waals surface area (Å²) in [6.45, 7) is 2.63. The third kappa shape index (κ3) is 2.79. The minimum absolute atomic E-state index is 0.248. The number of hydrogen-bond donors (Lipinski definition) is 2. The lowest BCUT2D eigenvalue weighted by Crippen LogP contribution is -2.36. The van der Waals surface area contributed by atoms with Gasteiger partial charge in [-0.2, -0.15) is 0 Å². The Labute approximate surface area is 103 Å². The molecule has 0 radical (unpaired) electrons. The molecule has 0 bridgehead atoms. The van der Waals surface area contributed by atoms with Crippen molar-refractivity contribution in [3.63, 3.8) is 0 Å². The van der Waals surface area contributed by atoms with Crippen LogP contribution in [0.15, 0.2) is 24.3 Å². The van der Waals surface area contributed by atoms with E-state index in [-0.39, 0.29) is 6.04 Å². The summed E-state index contributed by atoms with van der Waals surface area (Å²) in [5.41, 5.74) is 6.15. The summed E-state index contributed by atoms with van der Waals surface area (Å²) in [5, 5.41) is 10.6. The number of hydrogen-bond acceptors (Lipinski definition) is 3. The van der Waals surface area contributed by atoms with Gasteiger partial charge in [-0.25, -0.2) is 0 Å². The van der Waals surface area contributed by atoms with Gasteiger partial charge in [0.2, 0.25) is 0 Å². The van der Waals surface area contributed by atoms with E-state index in [1.807, 2.05) is 31.2 Å². The molecule has 1 aromatic carbocycles. The van der Waals surface area contributed by atoms with Gasteiger partial charge in [0.15, 0.2) is 0 Å². The van der Waals surface area contributed by atoms with Crippen LogP contribution in [0.5, 0.6) is 5.75 Å². The molecule has 1 fully saturated rings. The Bertz CT molecular complexity index is 353. The Morgan fingerprint density at radius 1 is 1.29 bits per heavy atom. The molecule has 3 nitrogen and oxygen atoms in total. The van der Waals surface area contributed by atoms with Crippen molar-refractivity contribution in [3.05, 3.63) is 29.8 Å². The lowest BCUT2D eigenvalue weighted by molar-refractivity contribution is -0.00499. The molecule has 0 aliphatic heterocycles. The lowest BCUT2D eigenvalue weighted by atomic mass is 9.78. The van der Waals surface area contributed by atoms with Gasteiger partial charge in [0.05, 0.1) is 12.2 Å². The minimum atomic E-state index is -0.694. The molecule has 17 heavy (non-hydrogen) atoms. The zero-order valence-corrected chi connectivity index (χ0v) is 10.4. The van der Waals surface area contributed by atoms with E-state index in [0.717, 1.165) is 37.0 Å². The number of nitrogens with two attached hydrogens (primary N) is 1. The van der Waals surface area contributed by atoms with Gasteiger partial charge in [-0.05, 0) is 50.3 Å². The van der Waals surface area contributed by atoms with Crippen molar-refractivity contribution in [2.24, 2.45) is 5.73 Å². The van der Waals surface area contributed by atoms with Crippen LogP contribution in [0.2, 0.25) is 0 Å². The molecule has 0 aromatic heterocycles. The van der Waals surface area contributed by atoms with Crippen LogP contribution in [-0.2, 0) is 5.60 Å². The predicted octanol–water partition coefficient (Wildman–Crippen LogP) is 2.17. The molecule has 0 heterocycles. The molecule has 94 valence electrons. The average molecular weight is 235 g/mol. The van der Waals surface area contributed by atoms with Crippen molar-refractivity contribution < 1.29 is 9.84 Å². The molecule has 3 heteroatoms. The van der Waals surface area contributed by atoms with E-state index in [2.05, 4.69) is 0 Å². The van der Waals surface area contributed by atoms with E-state index < -0.39 is 5.60 Å². The van der Waals surface area contributed by atoms with Gasteiger partial charge < -0.3 is 15.6 Å². The van der Waals surface area contributed by atoms with Crippen LogP contribution in [-0.4, -0.2) is 17.8 Å².